The second kappa shape index (κ2) is 9.93. The number of nitrogens with zero attached hydrogens (tertiary/aromatic N) is 4. The zero-order valence-electron chi connectivity index (χ0n) is 17.8. The molecule has 0 radical (unpaired) electrons. The molecular formula is C21H20ClN5O4S2. The summed E-state index contributed by atoms with van der Waals surface area (Å²) in [6, 6.07) is 4.53. The Bertz CT molecular complexity index is 1330. The summed E-state index contributed by atoms with van der Waals surface area (Å²) in [5.41, 5.74) is 2.11. The third kappa shape index (κ3) is 5.36. The second-order valence-electron chi connectivity index (χ2n) is 6.95. The van der Waals surface area contributed by atoms with Crippen LogP contribution in [0.2, 0.25) is 4.34 Å². The van der Waals surface area contributed by atoms with Gasteiger partial charge in [0.05, 0.1) is 35.9 Å². The van der Waals surface area contributed by atoms with Crippen LogP contribution in [0.5, 0.6) is 5.88 Å². The molecule has 0 unspecified atom stereocenters. The van der Waals surface area contributed by atoms with Crippen molar-refractivity contribution in [2.45, 2.75) is 11.1 Å². The Kier molecular flexibility index (Phi) is 6.99. The number of aromatic nitrogens is 3. The van der Waals surface area contributed by atoms with Gasteiger partial charge in [-0.15, -0.1) is 11.3 Å². The van der Waals surface area contributed by atoms with Gasteiger partial charge in [-0.2, -0.15) is 0 Å². The number of hydrogen-bond donors (Lipinski definition) is 1. The van der Waals surface area contributed by atoms with Gasteiger partial charge in [0.2, 0.25) is 5.88 Å². The molecule has 0 bridgehead atoms. The lowest BCUT2D eigenvalue weighted by atomic mass is 10.2. The molecule has 172 valence electrons. The maximum Gasteiger partial charge on any atom is 0.271 e. The molecule has 0 aliphatic carbocycles. The molecule has 1 saturated heterocycles. The van der Waals surface area contributed by atoms with Gasteiger partial charge in [-0.1, -0.05) is 23.4 Å². The second-order valence-corrected chi connectivity index (χ2v) is 10.6. The van der Waals surface area contributed by atoms with Crippen molar-refractivity contribution in [1.82, 2.24) is 15.0 Å². The van der Waals surface area contributed by atoms with Crippen molar-refractivity contribution in [3.8, 4) is 17.7 Å². The van der Waals surface area contributed by atoms with Crippen LogP contribution in [0, 0.1) is 18.8 Å². The first-order valence-electron chi connectivity index (χ1n) is 9.86. The Hall–Kier alpha value is -2.91. The molecule has 0 amide bonds. The first-order chi connectivity index (χ1) is 15.9. The highest BCUT2D eigenvalue weighted by Gasteiger charge is 2.20. The number of aryl methyl sites for hydroxylation is 1. The van der Waals surface area contributed by atoms with E-state index in [0.29, 0.717) is 41.8 Å². The number of pyridine rings is 1. The van der Waals surface area contributed by atoms with Crippen molar-refractivity contribution in [3.63, 3.8) is 0 Å². The van der Waals surface area contributed by atoms with Crippen LogP contribution >= 0.6 is 22.9 Å². The van der Waals surface area contributed by atoms with Crippen LogP contribution in [0.25, 0.3) is 0 Å². The third-order valence-electron chi connectivity index (χ3n) is 4.76. The van der Waals surface area contributed by atoms with Crippen molar-refractivity contribution >= 4 is 44.5 Å². The molecular weight excluding hydrogens is 486 g/mol. The van der Waals surface area contributed by atoms with Crippen LogP contribution in [0.1, 0.15) is 16.8 Å². The molecule has 9 nitrogen and oxygen atoms in total. The number of morpholine rings is 1. The largest absolute Gasteiger partial charge is 0.479 e. The van der Waals surface area contributed by atoms with Crippen molar-refractivity contribution in [2.75, 3.05) is 43.0 Å². The molecule has 0 atom stereocenters. The number of halogens is 1. The average Bonchev–Trinajstić information content (AvgIpc) is 3.26. The Balaban J connectivity index is 1.66. The van der Waals surface area contributed by atoms with Crippen molar-refractivity contribution in [1.29, 1.82) is 0 Å². The fraction of sp³-hybridized carbons (Fsp3) is 0.286. The van der Waals surface area contributed by atoms with Crippen molar-refractivity contribution in [2.24, 2.45) is 0 Å². The van der Waals surface area contributed by atoms with Crippen LogP contribution < -0.4 is 14.4 Å². The lowest BCUT2D eigenvalue weighted by molar-refractivity contribution is 0.122. The van der Waals surface area contributed by atoms with Crippen LogP contribution in [-0.2, 0) is 14.8 Å². The van der Waals surface area contributed by atoms with E-state index in [1.165, 1.54) is 31.8 Å². The molecule has 3 aromatic rings. The maximum atomic E-state index is 12.7. The SMILES string of the molecule is COc1ncc(C#Cc2c(C)ncnc2N2CCOCC2)cc1NS(=O)(=O)c1ccc(Cl)s1. The summed E-state index contributed by atoms with van der Waals surface area (Å²) in [7, 11) is -2.45. The van der Waals surface area contributed by atoms with Gasteiger partial charge in [0.25, 0.3) is 10.0 Å². The Morgan fingerprint density at radius 3 is 2.70 bits per heavy atom. The summed E-state index contributed by atoms with van der Waals surface area (Å²) < 4.78 is 39.1. The average molecular weight is 506 g/mol. The highest BCUT2D eigenvalue weighted by Crippen LogP contribution is 2.30. The first-order valence-corrected chi connectivity index (χ1v) is 12.5. The van der Waals surface area contributed by atoms with E-state index in [4.69, 9.17) is 21.1 Å². The lowest BCUT2D eigenvalue weighted by Crippen LogP contribution is -2.37. The molecule has 1 aliphatic heterocycles. The van der Waals surface area contributed by atoms with Crippen LogP contribution in [0.15, 0.2) is 34.9 Å². The van der Waals surface area contributed by atoms with Gasteiger partial charge in [-0.05, 0) is 25.1 Å². The molecule has 4 heterocycles. The number of sulfonamides is 1. The minimum atomic E-state index is -3.86. The fourth-order valence-electron chi connectivity index (χ4n) is 3.15. The number of anilines is 2. The van der Waals surface area contributed by atoms with E-state index in [-0.39, 0.29) is 15.8 Å². The zero-order chi connectivity index (χ0) is 23.4. The predicted octanol–water partition coefficient (Wildman–Crippen LogP) is 2.94. The molecule has 12 heteroatoms. The predicted molar refractivity (Wildman–Crippen MR) is 127 cm³/mol. The van der Waals surface area contributed by atoms with Crippen LogP contribution in [0.4, 0.5) is 11.5 Å². The number of rotatable bonds is 5. The van der Waals surface area contributed by atoms with E-state index in [2.05, 4.69) is 36.4 Å². The van der Waals surface area contributed by atoms with E-state index < -0.39 is 10.0 Å². The first kappa shape index (κ1) is 23.3. The molecule has 1 aliphatic rings. The van der Waals surface area contributed by atoms with E-state index in [0.717, 1.165) is 22.8 Å². The summed E-state index contributed by atoms with van der Waals surface area (Å²) in [4.78, 5) is 15.0. The van der Waals surface area contributed by atoms with Crippen molar-refractivity contribution in [3.05, 3.63) is 51.9 Å². The topological polar surface area (TPSA) is 107 Å². The third-order valence-corrected chi connectivity index (χ3v) is 7.85. The molecule has 3 aromatic heterocycles. The number of nitrogens with one attached hydrogen (secondary N) is 1. The highest BCUT2D eigenvalue weighted by atomic mass is 35.5. The number of ether oxygens (including phenoxy) is 2. The van der Waals surface area contributed by atoms with Gasteiger partial charge in [0.1, 0.15) is 22.0 Å². The molecule has 1 fully saturated rings. The van der Waals surface area contributed by atoms with E-state index in [1.807, 2.05) is 6.92 Å². The van der Waals surface area contributed by atoms with Gasteiger partial charge in [-0.25, -0.2) is 23.4 Å². The Morgan fingerprint density at radius 2 is 2.00 bits per heavy atom. The summed E-state index contributed by atoms with van der Waals surface area (Å²) in [6.45, 7) is 4.55. The highest BCUT2D eigenvalue weighted by molar-refractivity contribution is 7.94. The van der Waals surface area contributed by atoms with Gasteiger partial charge in [-0.3, -0.25) is 4.72 Å². The van der Waals surface area contributed by atoms with E-state index in [9.17, 15) is 8.42 Å². The fourth-order valence-corrected chi connectivity index (χ4v) is 5.68. The number of thiophene rings is 1. The monoisotopic (exact) mass is 505 g/mol. The number of methoxy groups -OCH3 is 1. The summed E-state index contributed by atoms with van der Waals surface area (Å²) >= 11 is 6.84. The standard InChI is InChI=1S/C21H20ClN5O4S2/c1-14-16(20(25-13-24-14)27-7-9-31-10-8-27)4-3-15-11-17(21(30-2)23-12-15)26-33(28,29)19-6-5-18(22)32-19/h5-6,11-13,26H,7-10H2,1-2H3. The van der Waals surface area contributed by atoms with Gasteiger partial charge in [0.15, 0.2) is 0 Å². The van der Waals surface area contributed by atoms with Gasteiger partial charge in [0, 0.05) is 24.8 Å². The van der Waals surface area contributed by atoms with Gasteiger partial charge < -0.3 is 14.4 Å². The summed E-state index contributed by atoms with van der Waals surface area (Å²) in [6.07, 6.45) is 3.03. The minimum absolute atomic E-state index is 0.0817. The Morgan fingerprint density at radius 1 is 1.21 bits per heavy atom. The van der Waals surface area contributed by atoms with Gasteiger partial charge >= 0.3 is 0 Å². The smallest absolute Gasteiger partial charge is 0.271 e. The zero-order valence-corrected chi connectivity index (χ0v) is 20.2. The lowest BCUT2D eigenvalue weighted by Gasteiger charge is -2.28. The van der Waals surface area contributed by atoms with E-state index in [1.54, 1.807) is 6.07 Å². The molecule has 0 saturated carbocycles. The molecule has 0 spiro atoms. The normalized spacial score (nSPS) is 13.8. The summed E-state index contributed by atoms with van der Waals surface area (Å²) in [5, 5.41) is 0. The summed E-state index contributed by atoms with van der Waals surface area (Å²) in [5.74, 6) is 7.04. The number of hydrogen-bond acceptors (Lipinski definition) is 9. The Labute approximate surface area is 200 Å². The maximum absolute atomic E-state index is 12.7. The van der Waals surface area contributed by atoms with Crippen molar-refractivity contribution < 1.29 is 17.9 Å². The van der Waals surface area contributed by atoms with Crippen LogP contribution in [-0.4, -0.2) is 56.8 Å². The minimum Gasteiger partial charge on any atom is -0.479 e. The molecule has 33 heavy (non-hydrogen) atoms. The van der Waals surface area contributed by atoms with Crippen LogP contribution in [0.3, 0.4) is 0 Å². The molecule has 4 rings (SSSR count). The molecule has 1 N–H and O–H groups in total. The van der Waals surface area contributed by atoms with E-state index >= 15 is 0 Å². The molecule has 0 aromatic carbocycles. The quantitative estimate of drug-likeness (QED) is 0.527.